The zero-order chi connectivity index (χ0) is 17.8. The molecule has 1 aliphatic rings. The van der Waals surface area contributed by atoms with Crippen LogP contribution in [-0.4, -0.2) is 22.7 Å². The van der Waals surface area contributed by atoms with Crippen molar-refractivity contribution in [1.29, 1.82) is 0 Å². The second-order valence-electron chi connectivity index (χ2n) is 5.93. The molecule has 2 aromatic rings. The fourth-order valence-corrected chi connectivity index (χ4v) is 4.48. The van der Waals surface area contributed by atoms with E-state index in [2.05, 4.69) is 15.6 Å². The van der Waals surface area contributed by atoms with Crippen molar-refractivity contribution in [3.05, 3.63) is 39.9 Å². The summed E-state index contributed by atoms with van der Waals surface area (Å²) in [6.07, 6.45) is 5.92. The van der Waals surface area contributed by atoms with Crippen molar-refractivity contribution in [2.45, 2.75) is 39.5 Å². The van der Waals surface area contributed by atoms with Crippen LogP contribution in [0.2, 0.25) is 0 Å². The average Bonchev–Trinajstić information content (AvgIpc) is 2.92. The summed E-state index contributed by atoms with van der Waals surface area (Å²) in [6.45, 7) is 4.17. The van der Waals surface area contributed by atoms with Gasteiger partial charge in [0.15, 0.2) is 5.11 Å². The molecule has 0 unspecified atom stereocenters. The van der Waals surface area contributed by atoms with Crippen LogP contribution in [0.3, 0.4) is 0 Å². The monoisotopic (exact) mass is 375 g/mol. The van der Waals surface area contributed by atoms with Crippen LogP contribution in [0.1, 0.15) is 46.1 Å². The molecule has 0 saturated heterocycles. The lowest BCUT2D eigenvalue weighted by atomic mass is 9.95. The van der Waals surface area contributed by atoms with Crippen LogP contribution in [0.5, 0.6) is 0 Å². The van der Waals surface area contributed by atoms with E-state index in [1.54, 1.807) is 17.5 Å². The Morgan fingerprint density at radius 1 is 1.36 bits per heavy atom. The molecule has 2 aromatic heterocycles. The number of esters is 1. The number of hydrogen-bond acceptors (Lipinski definition) is 5. The van der Waals surface area contributed by atoms with Gasteiger partial charge in [0.05, 0.1) is 12.2 Å². The van der Waals surface area contributed by atoms with Crippen LogP contribution in [0.4, 0.5) is 10.8 Å². The average molecular weight is 376 g/mol. The number of fused-ring (bicyclic) bond motifs is 1. The van der Waals surface area contributed by atoms with Gasteiger partial charge in [-0.3, -0.25) is 0 Å². The number of nitrogens with one attached hydrogen (secondary N) is 2. The third-order valence-electron chi connectivity index (χ3n) is 4.03. The van der Waals surface area contributed by atoms with E-state index in [1.165, 1.54) is 4.88 Å². The highest BCUT2D eigenvalue weighted by atomic mass is 32.1. The van der Waals surface area contributed by atoms with Gasteiger partial charge in [-0.2, -0.15) is 0 Å². The topological polar surface area (TPSA) is 63.2 Å². The lowest BCUT2D eigenvalue weighted by molar-refractivity contribution is 0.0526. The molecule has 0 radical (unpaired) electrons. The summed E-state index contributed by atoms with van der Waals surface area (Å²) >= 11 is 7.00. The molecular formula is C18H21N3O2S2. The Bertz CT molecular complexity index is 802. The van der Waals surface area contributed by atoms with Gasteiger partial charge < -0.3 is 15.4 Å². The smallest absolute Gasteiger partial charge is 0.341 e. The van der Waals surface area contributed by atoms with Crippen LogP contribution >= 0.6 is 23.6 Å². The highest BCUT2D eigenvalue weighted by Gasteiger charge is 2.26. The molecule has 25 heavy (non-hydrogen) atoms. The van der Waals surface area contributed by atoms with Crippen LogP contribution < -0.4 is 10.6 Å². The number of thiophene rings is 1. The zero-order valence-electron chi connectivity index (χ0n) is 14.3. The predicted octanol–water partition coefficient (Wildman–Crippen LogP) is 4.32. The van der Waals surface area contributed by atoms with Gasteiger partial charge in [-0.15, -0.1) is 11.3 Å². The molecule has 1 aliphatic carbocycles. The fourth-order valence-electron chi connectivity index (χ4n) is 2.93. The normalized spacial score (nSPS) is 13.0. The zero-order valence-corrected chi connectivity index (χ0v) is 16.0. The number of ether oxygens (including phenoxy) is 1. The maximum atomic E-state index is 12.5. The van der Waals surface area contributed by atoms with E-state index in [1.807, 2.05) is 26.0 Å². The van der Waals surface area contributed by atoms with E-state index in [0.29, 0.717) is 23.1 Å². The number of aryl methyl sites for hydroxylation is 2. The van der Waals surface area contributed by atoms with Crippen LogP contribution in [0.15, 0.2) is 18.3 Å². The molecule has 0 saturated carbocycles. The minimum atomic E-state index is -0.277. The number of thiocarbonyl (C=S) groups is 1. The Morgan fingerprint density at radius 3 is 2.92 bits per heavy atom. The Labute approximate surface area is 156 Å². The maximum Gasteiger partial charge on any atom is 0.341 e. The number of nitrogens with zero attached hydrogens (tertiary/aromatic N) is 1. The number of rotatable bonds is 4. The molecule has 132 valence electrons. The summed E-state index contributed by atoms with van der Waals surface area (Å²) in [4.78, 5) is 18.0. The van der Waals surface area contributed by atoms with Crippen molar-refractivity contribution in [3.8, 4) is 0 Å². The van der Waals surface area contributed by atoms with Gasteiger partial charge in [-0.1, -0.05) is 0 Å². The molecule has 0 fully saturated rings. The van der Waals surface area contributed by atoms with Gasteiger partial charge in [0.2, 0.25) is 0 Å². The van der Waals surface area contributed by atoms with Gasteiger partial charge in [-0.25, -0.2) is 9.78 Å². The van der Waals surface area contributed by atoms with E-state index in [9.17, 15) is 4.79 Å². The van der Waals surface area contributed by atoms with E-state index in [-0.39, 0.29) is 5.97 Å². The van der Waals surface area contributed by atoms with Gasteiger partial charge in [0.1, 0.15) is 10.8 Å². The summed E-state index contributed by atoms with van der Waals surface area (Å²) in [5.41, 5.74) is 2.86. The molecule has 2 N–H and O–H groups in total. The molecule has 3 rings (SSSR count). The predicted molar refractivity (Wildman–Crippen MR) is 106 cm³/mol. The number of carbonyl (C=O) groups is 1. The largest absolute Gasteiger partial charge is 0.462 e. The molecule has 7 heteroatoms. The first-order valence-corrected chi connectivity index (χ1v) is 9.63. The molecule has 0 spiro atoms. The van der Waals surface area contributed by atoms with Crippen LogP contribution in [-0.2, 0) is 17.6 Å². The molecule has 0 bridgehead atoms. The van der Waals surface area contributed by atoms with Crippen LogP contribution in [0, 0.1) is 6.92 Å². The van der Waals surface area contributed by atoms with Crippen molar-refractivity contribution >= 4 is 45.5 Å². The van der Waals surface area contributed by atoms with Gasteiger partial charge in [-0.05, 0) is 75.0 Å². The van der Waals surface area contributed by atoms with Crippen molar-refractivity contribution in [3.63, 3.8) is 0 Å². The van der Waals surface area contributed by atoms with Crippen molar-refractivity contribution in [2.24, 2.45) is 0 Å². The fraction of sp³-hybridized carbons (Fsp3) is 0.389. The van der Waals surface area contributed by atoms with Crippen molar-refractivity contribution < 1.29 is 9.53 Å². The minimum absolute atomic E-state index is 0.277. The first kappa shape index (κ1) is 17.8. The third-order valence-corrected chi connectivity index (χ3v) is 5.45. The lowest BCUT2D eigenvalue weighted by Crippen LogP contribution is -2.21. The van der Waals surface area contributed by atoms with Crippen LogP contribution in [0.25, 0.3) is 0 Å². The molecule has 0 aliphatic heterocycles. The number of carbonyl (C=O) groups excluding carboxylic acids is 1. The Morgan fingerprint density at radius 2 is 2.16 bits per heavy atom. The highest BCUT2D eigenvalue weighted by Crippen LogP contribution is 2.38. The van der Waals surface area contributed by atoms with E-state index >= 15 is 0 Å². The maximum absolute atomic E-state index is 12.5. The van der Waals surface area contributed by atoms with Gasteiger partial charge in [0, 0.05) is 11.1 Å². The lowest BCUT2D eigenvalue weighted by Gasteiger charge is -2.13. The first-order valence-electron chi connectivity index (χ1n) is 8.40. The number of hydrogen-bond donors (Lipinski definition) is 2. The Kier molecular flexibility index (Phi) is 5.65. The van der Waals surface area contributed by atoms with E-state index < -0.39 is 0 Å². The molecule has 0 atom stereocenters. The minimum Gasteiger partial charge on any atom is -0.462 e. The first-order chi connectivity index (χ1) is 12.1. The van der Waals surface area contributed by atoms with Crippen molar-refractivity contribution in [1.82, 2.24) is 4.98 Å². The quantitative estimate of drug-likeness (QED) is 0.613. The highest BCUT2D eigenvalue weighted by molar-refractivity contribution is 7.80. The van der Waals surface area contributed by atoms with Gasteiger partial charge >= 0.3 is 5.97 Å². The summed E-state index contributed by atoms with van der Waals surface area (Å²) in [5.74, 6) is 0.400. The molecule has 0 amide bonds. The molecule has 5 nitrogen and oxygen atoms in total. The Hall–Kier alpha value is -1.99. The SMILES string of the molecule is CCOC(=O)c1c(NC(=S)Nc2cc(C)ccn2)sc2c1CCCC2. The third kappa shape index (κ3) is 4.16. The standard InChI is InChI=1S/C18H21N3O2S2/c1-3-23-17(22)15-12-6-4-5-7-13(12)25-16(15)21-18(24)20-14-10-11(2)8-9-19-14/h8-10H,3-7H2,1-2H3,(H2,19,20,21,24). The van der Waals surface area contributed by atoms with E-state index in [4.69, 9.17) is 17.0 Å². The van der Waals surface area contributed by atoms with Gasteiger partial charge in [0.25, 0.3) is 0 Å². The summed E-state index contributed by atoms with van der Waals surface area (Å²) < 4.78 is 5.26. The number of aromatic nitrogens is 1. The summed E-state index contributed by atoms with van der Waals surface area (Å²) in [6, 6.07) is 3.84. The molecule has 0 aromatic carbocycles. The van der Waals surface area contributed by atoms with Crippen molar-refractivity contribution in [2.75, 3.05) is 17.2 Å². The summed E-state index contributed by atoms with van der Waals surface area (Å²) in [5, 5.41) is 7.43. The second kappa shape index (κ2) is 7.93. The summed E-state index contributed by atoms with van der Waals surface area (Å²) in [7, 11) is 0. The van der Waals surface area contributed by atoms with E-state index in [0.717, 1.165) is 41.8 Å². The number of anilines is 2. The second-order valence-corrected chi connectivity index (χ2v) is 7.45. The Balaban J connectivity index is 1.82. The molecular weight excluding hydrogens is 354 g/mol. The number of pyridine rings is 1. The molecule has 2 heterocycles.